The van der Waals surface area contributed by atoms with Gasteiger partial charge in [0.05, 0.1) is 6.61 Å². The highest BCUT2D eigenvalue weighted by Crippen LogP contribution is 2.11. The third-order valence-corrected chi connectivity index (χ3v) is 2.49. The lowest BCUT2D eigenvalue weighted by atomic mass is 10.0. The summed E-state index contributed by atoms with van der Waals surface area (Å²) in [5.74, 6) is -0.115. The van der Waals surface area contributed by atoms with Gasteiger partial charge in [0.15, 0.2) is 0 Å². The molecule has 0 aliphatic carbocycles. The van der Waals surface area contributed by atoms with Crippen LogP contribution < -0.4 is 0 Å². The second-order valence-corrected chi connectivity index (χ2v) is 3.72. The quantitative estimate of drug-likeness (QED) is 0.708. The van der Waals surface area contributed by atoms with Crippen LogP contribution in [0.25, 0.3) is 0 Å². The number of carbonyl (C=O) groups is 1. The van der Waals surface area contributed by atoms with Crippen LogP contribution in [0.15, 0.2) is 18.2 Å². The number of aryl methyl sites for hydroxylation is 3. The fourth-order valence-corrected chi connectivity index (χ4v) is 1.44. The van der Waals surface area contributed by atoms with Gasteiger partial charge in [-0.2, -0.15) is 0 Å². The molecule has 0 saturated carbocycles. The predicted molar refractivity (Wildman–Crippen MR) is 60.9 cm³/mol. The molecule has 1 rings (SSSR count). The number of carbonyl (C=O) groups excluding carboxylic acids is 1. The minimum absolute atomic E-state index is 0.115. The minimum Gasteiger partial charge on any atom is -0.466 e. The van der Waals surface area contributed by atoms with Gasteiger partial charge >= 0.3 is 5.97 Å². The van der Waals surface area contributed by atoms with Gasteiger partial charge in [-0.3, -0.25) is 4.79 Å². The van der Waals surface area contributed by atoms with Crippen LogP contribution in [0.5, 0.6) is 0 Å². The van der Waals surface area contributed by atoms with Gasteiger partial charge in [0.2, 0.25) is 0 Å². The molecule has 1 aromatic rings. The van der Waals surface area contributed by atoms with Crippen LogP contribution in [0.2, 0.25) is 0 Å². The molecule has 0 heterocycles. The molecule has 0 unspecified atom stereocenters. The van der Waals surface area contributed by atoms with E-state index >= 15 is 0 Å². The molecule has 0 radical (unpaired) electrons. The second-order valence-electron chi connectivity index (χ2n) is 3.72. The molecule has 0 spiro atoms. The largest absolute Gasteiger partial charge is 0.466 e. The van der Waals surface area contributed by atoms with Crippen molar-refractivity contribution in [3.63, 3.8) is 0 Å². The van der Waals surface area contributed by atoms with Crippen LogP contribution in [0, 0.1) is 13.8 Å². The van der Waals surface area contributed by atoms with Crippen LogP contribution >= 0.6 is 0 Å². The van der Waals surface area contributed by atoms with E-state index in [1.807, 2.05) is 6.92 Å². The van der Waals surface area contributed by atoms with Gasteiger partial charge in [-0.05, 0) is 43.9 Å². The zero-order valence-electron chi connectivity index (χ0n) is 9.67. The van der Waals surface area contributed by atoms with Gasteiger partial charge in [-0.15, -0.1) is 0 Å². The average molecular weight is 206 g/mol. The van der Waals surface area contributed by atoms with Crippen LogP contribution in [0.4, 0.5) is 0 Å². The number of hydrogen-bond acceptors (Lipinski definition) is 2. The lowest BCUT2D eigenvalue weighted by molar-refractivity contribution is -0.143. The van der Waals surface area contributed by atoms with Crippen LogP contribution in [0.1, 0.15) is 30.0 Å². The average Bonchev–Trinajstić information content (AvgIpc) is 2.20. The van der Waals surface area contributed by atoms with Crippen molar-refractivity contribution in [1.82, 2.24) is 0 Å². The highest BCUT2D eigenvalue weighted by Gasteiger charge is 2.03. The van der Waals surface area contributed by atoms with Crippen molar-refractivity contribution < 1.29 is 9.53 Å². The summed E-state index contributed by atoms with van der Waals surface area (Å²) in [5.41, 5.74) is 3.76. The Morgan fingerprint density at radius 2 is 2.00 bits per heavy atom. The predicted octanol–water partition coefficient (Wildman–Crippen LogP) is 2.80. The van der Waals surface area contributed by atoms with Crippen LogP contribution in [-0.4, -0.2) is 12.6 Å². The molecular formula is C13H18O2. The maximum Gasteiger partial charge on any atom is 0.306 e. The molecule has 82 valence electrons. The first kappa shape index (κ1) is 11.8. The monoisotopic (exact) mass is 206 g/mol. The molecule has 2 nitrogen and oxygen atoms in total. The van der Waals surface area contributed by atoms with E-state index in [2.05, 4.69) is 32.0 Å². The highest BCUT2D eigenvalue weighted by molar-refractivity contribution is 5.69. The molecular weight excluding hydrogens is 188 g/mol. The molecule has 0 aliphatic heterocycles. The van der Waals surface area contributed by atoms with E-state index in [1.54, 1.807) is 0 Å². The van der Waals surface area contributed by atoms with Gasteiger partial charge < -0.3 is 4.74 Å². The molecule has 0 N–H and O–H groups in total. The lowest BCUT2D eigenvalue weighted by Gasteiger charge is -2.05. The molecule has 0 atom stereocenters. The standard InChI is InChI=1S/C13H18O2/c1-4-15-13(14)8-7-12-6-5-10(2)11(3)9-12/h5-6,9H,4,7-8H2,1-3H3. The van der Waals surface area contributed by atoms with Crippen molar-refractivity contribution in [3.05, 3.63) is 34.9 Å². The molecule has 0 bridgehead atoms. The van der Waals surface area contributed by atoms with Crippen molar-refractivity contribution in [2.75, 3.05) is 6.61 Å². The number of rotatable bonds is 4. The van der Waals surface area contributed by atoms with Gasteiger partial charge in [-0.25, -0.2) is 0 Å². The maximum absolute atomic E-state index is 11.1. The summed E-state index contributed by atoms with van der Waals surface area (Å²) in [7, 11) is 0. The second kappa shape index (κ2) is 5.54. The van der Waals surface area contributed by atoms with Gasteiger partial charge in [0.25, 0.3) is 0 Å². The first-order chi connectivity index (χ1) is 7.13. The Labute approximate surface area is 91.3 Å². The number of benzene rings is 1. The smallest absolute Gasteiger partial charge is 0.306 e. The Balaban J connectivity index is 2.51. The van der Waals surface area contributed by atoms with E-state index < -0.39 is 0 Å². The van der Waals surface area contributed by atoms with Crippen molar-refractivity contribution in [1.29, 1.82) is 0 Å². The molecule has 15 heavy (non-hydrogen) atoms. The van der Waals surface area contributed by atoms with Crippen molar-refractivity contribution >= 4 is 5.97 Å². The summed E-state index contributed by atoms with van der Waals surface area (Å²) in [4.78, 5) is 11.1. The summed E-state index contributed by atoms with van der Waals surface area (Å²) in [6.45, 7) is 6.47. The van der Waals surface area contributed by atoms with E-state index in [4.69, 9.17) is 4.74 Å². The Morgan fingerprint density at radius 1 is 1.27 bits per heavy atom. The topological polar surface area (TPSA) is 26.3 Å². The Morgan fingerprint density at radius 3 is 2.60 bits per heavy atom. The third-order valence-electron chi connectivity index (χ3n) is 2.49. The van der Waals surface area contributed by atoms with Crippen molar-refractivity contribution in [2.45, 2.75) is 33.6 Å². The SMILES string of the molecule is CCOC(=O)CCc1ccc(C)c(C)c1. The Bertz CT molecular complexity index is 342. The van der Waals surface area contributed by atoms with Crippen molar-refractivity contribution in [2.24, 2.45) is 0 Å². The zero-order chi connectivity index (χ0) is 11.3. The summed E-state index contributed by atoms with van der Waals surface area (Å²) < 4.78 is 4.88. The summed E-state index contributed by atoms with van der Waals surface area (Å²) >= 11 is 0. The first-order valence-electron chi connectivity index (χ1n) is 5.35. The van der Waals surface area contributed by atoms with E-state index in [9.17, 15) is 4.79 Å². The number of ether oxygens (including phenoxy) is 1. The molecule has 0 saturated heterocycles. The van der Waals surface area contributed by atoms with E-state index in [0.717, 1.165) is 6.42 Å². The minimum atomic E-state index is -0.115. The van der Waals surface area contributed by atoms with Crippen LogP contribution in [-0.2, 0) is 16.0 Å². The first-order valence-corrected chi connectivity index (χ1v) is 5.35. The third kappa shape index (κ3) is 3.74. The van der Waals surface area contributed by atoms with E-state index in [0.29, 0.717) is 13.0 Å². The fourth-order valence-electron chi connectivity index (χ4n) is 1.44. The maximum atomic E-state index is 11.1. The van der Waals surface area contributed by atoms with Gasteiger partial charge in [-0.1, -0.05) is 18.2 Å². The van der Waals surface area contributed by atoms with Gasteiger partial charge in [0, 0.05) is 6.42 Å². The fraction of sp³-hybridized carbons (Fsp3) is 0.462. The van der Waals surface area contributed by atoms with Crippen molar-refractivity contribution in [3.8, 4) is 0 Å². The van der Waals surface area contributed by atoms with E-state index in [1.165, 1.54) is 16.7 Å². The van der Waals surface area contributed by atoms with Crippen LogP contribution in [0.3, 0.4) is 0 Å². The number of hydrogen-bond donors (Lipinski definition) is 0. The summed E-state index contributed by atoms with van der Waals surface area (Å²) in [6.07, 6.45) is 1.23. The Hall–Kier alpha value is -1.31. The summed E-state index contributed by atoms with van der Waals surface area (Å²) in [5, 5.41) is 0. The molecule has 0 aliphatic rings. The van der Waals surface area contributed by atoms with E-state index in [-0.39, 0.29) is 5.97 Å². The summed E-state index contributed by atoms with van der Waals surface area (Å²) in [6, 6.07) is 6.30. The molecule has 2 heteroatoms. The molecule has 1 aromatic carbocycles. The molecule has 0 amide bonds. The highest BCUT2D eigenvalue weighted by atomic mass is 16.5. The Kier molecular flexibility index (Phi) is 4.35. The number of esters is 1. The normalized spacial score (nSPS) is 10.1. The molecule has 0 fully saturated rings. The van der Waals surface area contributed by atoms with Gasteiger partial charge in [0.1, 0.15) is 0 Å². The molecule has 0 aromatic heterocycles. The zero-order valence-corrected chi connectivity index (χ0v) is 9.67. The lowest BCUT2D eigenvalue weighted by Crippen LogP contribution is -2.05.